The Morgan fingerprint density at radius 3 is 1.40 bits per heavy atom. The first-order chi connectivity index (χ1) is 30.1. The molecule has 1 N–H and O–H groups in total. The molecule has 0 saturated heterocycles. The summed E-state index contributed by atoms with van der Waals surface area (Å²) in [6.07, 6.45) is 57.2. The van der Waals surface area contributed by atoms with Crippen molar-refractivity contribution in [2.24, 2.45) is 0 Å². The van der Waals surface area contributed by atoms with Crippen molar-refractivity contribution in [3.8, 4) is 0 Å². The highest BCUT2D eigenvalue weighted by atomic mass is 31.2. The van der Waals surface area contributed by atoms with Gasteiger partial charge in [0.2, 0.25) is 0 Å². The number of carbonyl (C=O) groups excluding carboxylic acids is 1. The molecule has 0 aliphatic heterocycles. The van der Waals surface area contributed by atoms with E-state index in [1.54, 1.807) is 0 Å². The van der Waals surface area contributed by atoms with E-state index in [2.05, 4.69) is 62.5 Å². The molecule has 364 valence electrons. The highest BCUT2D eigenvalue weighted by Gasteiger charge is 2.26. The van der Waals surface area contributed by atoms with E-state index in [0.29, 0.717) is 24.1 Å². The Bertz CT molecular complexity index is 1130. The fourth-order valence-corrected chi connectivity index (χ4v) is 7.93. The van der Waals surface area contributed by atoms with E-state index < -0.39 is 13.9 Å². The molecule has 62 heavy (non-hydrogen) atoms. The second kappa shape index (κ2) is 46.0. The molecular weight excluding hydrogens is 794 g/mol. The van der Waals surface area contributed by atoms with Crippen LogP contribution in [0.15, 0.2) is 48.6 Å². The summed E-state index contributed by atoms with van der Waals surface area (Å²) in [4.78, 5) is 23.0. The normalized spacial score (nSPS) is 14.0. The van der Waals surface area contributed by atoms with E-state index in [1.807, 2.05) is 21.1 Å². The Hall–Kier alpha value is -1.54. The van der Waals surface area contributed by atoms with E-state index in [1.165, 1.54) is 141 Å². The SMILES string of the molecule is CC/C=C\C/C=C\C/C=C\C/C=C\CCCCCCCCCCC(=O)OC(COCCCCCCCCCCCCCCCCCCCCC)COP(=O)(O)OCC[N+](C)(C)C. The van der Waals surface area contributed by atoms with Crippen LogP contribution < -0.4 is 0 Å². The molecule has 0 aromatic rings. The van der Waals surface area contributed by atoms with Gasteiger partial charge in [-0.15, -0.1) is 0 Å². The van der Waals surface area contributed by atoms with Gasteiger partial charge >= 0.3 is 13.8 Å². The average Bonchev–Trinajstić information content (AvgIpc) is 3.23. The molecule has 2 unspecified atom stereocenters. The van der Waals surface area contributed by atoms with E-state index in [0.717, 1.165) is 64.2 Å². The first-order valence-electron chi connectivity index (χ1n) is 25.9. The monoisotopic (exact) mass is 895 g/mol. The Morgan fingerprint density at radius 2 is 0.935 bits per heavy atom. The van der Waals surface area contributed by atoms with E-state index in [4.69, 9.17) is 18.5 Å². The summed E-state index contributed by atoms with van der Waals surface area (Å²) in [6.45, 7) is 5.54. The molecule has 9 heteroatoms. The predicted molar refractivity (Wildman–Crippen MR) is 266 cm³/mol. The fraction of sp³-hybridized carbons (Fsp3) is 0.830. The van der Waals surface area contributed by atoms with Crippen LogP contribution in [0.4, 0.5) is 0 Å². The van der Waals surface area contributed by atoms with Crippen LogP contribution in [0.2, 0.25) is 0 Å². The van der Waals surface area contributed by atoms with E-state index >= 15 is 0 Å². The van der Waals surface area contributed by atoms with Gasteiger partial charge < -0.3 is 18.9 Å². The van der Waals surface area contributed by atoms with Crippen molar-refractivity contribution in [2.45, 2.75) is 232 Å². The molecule has 8 nitrogen and oxygen atoms in total. The minimum atomic E-state index is -4.28. The zero-order chi connectivity index (χ0) is 45.5. The van der Waals surface area contributed by atoms with Gasteiger partial charge in [-0.25, -0.2) is 4.57 Å². The van der Waals surface area contributed by atoms with Crippen molar-refractivity contribution < 1.29 is 37.3 Å². The lowest BCUT2D eigenvalue weighted by Crippen LogP contribution is -2.37. The third kappa shape index (κ3) is 49.5. The van der Waals surface area contributed by atoms with Crippen LogP contribution in [0.5, 0.6) is 0 Å². The van der Waals surface area contributed by atoms with Crippen LogP contribution in [0.25, 0.3) is 0 Å². The molecule has 0 spiro atoms. The molecule has 2 atom stereocenters. The van der Waals surface area contributed by atoms with Crippen molar-refractivity contribution >= 4 is 13.8 Å². The highest BCUT2D eigenvalue weighted by Crippen LogP contribution is 2.43. The van der Waals surface area contributed by atoms with E-state index in [9.17, 15) is 14.3 Å². The van der Waals surface area contributed by atoms with Crippen LogP contribution in [-0.4, -0.2) is 75.6 Å². The van der Waals surface area contributed by atoms with Gasteiger partial charge in [0.25, 0.3) is 0 Å². The first-order valence-corrected chi connectivity index (χ1v) is 27.4. The van der Waals surface area contributed by atoms with Crippen molar-refractivity contribution in [2.75, 3.05) is 54.1 Å². The molecule has 0 bridgehead atoms. The maximum absolute atomic E-state index is 12.8. The van der Waals surface area contributed by atoms with Gasteiger partial charge in [-0.2, -0.15) is 0 Å². The summed E-state index contributed by atoms with van der Waals surface area (Å²) in [6, 6.07) is 0. The molecule has 0 rings (SSSR count). The van der Waals surface area contributed by atoms with Gasteiger partial charge in [0, 0.05) is 13.0 Å². The quantitative estimate of drug-likeness (QED) is 0.0214. The summed E-state index contributed by atoms with van der Waals surface area (Å²) in [7, 11) is 1.67. The van der Waals surface area contributed by atoms with Gasteiger partial charge in [-0.1, -0.05) is 217 Å². The number of likely N-dealkylation sites (N-methyl/N-ethyl adjacent to an activating group) is 1. The van der Waals surface area contributed by atoms with Crippen molar-refractivity contribution in [3.63, 3.8) is 0 Å². The van der Waals surface area contributed by atoms with Crippen LogP contribution in [-0.2, 0) is 27.9 Å². The minimum Gasteiger partial charge on any atom is -0.457 e. The largest absolute Gasteiger partial charge is 0.472 e. The topological polar surface area (TPSA) is 91.3 Å². The summed E-state index contributed by atoms with van der Waals surface area (Å²) in [5.41, 5.74) is 0. The molecule has 0 aliphatic rings. The second-order valence-corrected chi connectivity index (χ2v) is 20.0. The molecule has 0 amide bonds. The summed E-state index contributed by atoms with van der Waals surface area (Å²) < 4.78 is 35.2. The Balaban J connectivity index is 4.14. The van der Waals surface area contributed by atoms with Crippen LogP contribution in [0.1, 0.15) is 226 Å². The minimum absolute atomic E-state index is 0.0870. The first kappa shape index (κ1) is 60.5. The number of esters is 1. The van der Waals surface area contributed by atoms with Crippen LogP contribution in [0.3, 0.4) is 0 Å². The molecular formula is C53H101NO7P+. The van der Waals surface area contributed by atoms with Gasteiger partial charge in [-0.3, -0.25) is 13.8 Å². The second-order valence-electron chi connectivity index (χ2n) is 18.5. The fourth-order valence-electron chi connectivity index (χ4n) is 7.19. The molecule has 0 fully saturated rings. The number of phosphoric ester groups is 1. The van der Waals surface area contributed by atoms with Crippen molar-refractivity contribution in [3.05, 3.63) is 48.6 Å². The predicted octanol–water partition coefficient (Wildman–Crippen LogP) is 15.9. The molecule has 0 aromatic carbocycles. The number of allylic oxidation sites excluding steroid dienone is 8. The Morgan fingerprint density at radius 1 is 0.516 bits per heavy atom. The molecule has 0 aromatic heterocycles. The third-order valence-electron chi connectivity index (χ3n) is 11.2. The third-order valence-corrected chi connectivity index (χ3v) is 12.1. The van der Waals surface area contributed by atoms with Crippen LogP contribution in [0, 0.1) is 0 Å². The summed E-state index contributed by atoms with van der Waals surface area (Å²) >= 11 is 0. The lowest BCUT2D eigenvalue weighted by molar-refractivity contribution is -0.870. The maximum atomic E-state index is 12.8. The van der Waals surface area contributed by atoms with Gasteiger partial charge in [-0.05, 0) is 51.4 Å². The average molecular weight is 895 g/mol. The smallest absolute Gasteiger partial charge is 0.457 e. The van der Waals surface area contributed by atoms with Crippen molar-refractivity contribution in [1.82, 2.24) is 0 Å². The number of rotatable bonds is 48. The lowest BCUT2D eigenvalue weighted by Gasteiger charge is -2.24. The van der Waals surface area contributed by atoms with E-state index in [-0.39, 0.29) is 25.8 Å². The molecule has 0 heterocycles. The summed E-state index contributed by atoms with van der Waals surface area (Å²) in [5.74, 6) is -0.319. The zero-order valence-corrected chi connectivity index (χ0v) is 42.3. The molecule has 0 radical (unpaired) electrons. The number of ether oxygens (including phenoxy) is 2. The number of nitrogens with zero attached hydrogens (tertiary/aromatic N) is 1. The standard InChI is InChI=1S/C53H100NO7P/c1-6-8-10-12-14-16-18-20-22-24-26-27-28-30-32-34-36-38-40-42-44-46-53(55)61-52(51-60-62(56,57)59-49-47-54(3,4)5)50-58-48-45-43-41-39-37-35-33-31-29-25-23-21-19-17-15-13-11-9-7-2/h8,10,14,16,20,22,26-27,52H,6-7,9,11-13,15,17-19,21,23-25,28-51H2,1-5H3/p+1/b10-8-,16-14-,22-20-,27-26-. The number of hydrogen-bond acceptors (Lipinski definition) is 6. The zero-order valence-electron chi connectivity index (χ0n) is 41.4. The highest BCUT2D eigenvalue weighted by molar-refractivity contribution is 7.47. The molecule has 0 aliphatic carbocycles. The van der Waals surface area contributed by atoms with Crippen LogP contribution >= 0.6 is 7.82 Å². The number of quaternary nitrogens is 1. The number of unbranched alkanes of at least 4 members (excludes halogenated alkanes) is 26. The molecule has 0 saturated carbocycles. The van der Waals surface area contributed by atoms with Gasteiger partial charge in [0.05, 0.1) is 34.4 Å². The van der Waals surface area contributed by atoms with Gasteiger partial charge in [0.1, 0.15) is 19.3 Å². The van der Waals surface area contributed by atoms with Gasteiger partial charge in [0.15, 0.2) is 0 Å². The van der Waals surface area contributed by atoms with Crippen molar-refractivity contribution in [1.29, 1.82) is 0 Å². The Kier molecular flexibility index (Phi) is 44.9. The Labute approximate surface area is 384 Å². The number of phosphoric acid groups is 1. The number of carbonyl (C=O) groups is 1. The number of hydrogen-bond donors (Lipinski definition) is 1. The summed E-state index contributed by atoms with van der Waals surface area (Å²) in [5, 5.41) is 0. The maximum Gasteiger partial charge on any atom is 0.472 e. The lowest BCUT2D eigenvalue weighted by atomic mass is 10.0.